The maximum absolute atomic E-state index is 11.7. The second kappa shape index (κ2) is 10.4. The number of aryl methyl sites for hydroxylation is 1. The lowest BCUT2D eigenvalue weighted by molar-refractivity contribution is 0.0592. The van der Waals surface area contributed by atoms with E-state index in [0.29, 0.717) is 5.69 Å². The highest BCUT2D eigenvalue weighted by atomic mass is 16.5. The number of aromatic nitrogens is 3. The molecule has 0 radical (unpaired) electrons. The first-order chi connectivity index (χ1) is 10.2. The molecule has 1 heterocycles. The van der Waals surface area contributed by atoms with Crippen LogP contribution in [0.1, 0.15) is 81.4 Å². The van der Waals surface area contributed by atoms with Crippen molar-refractivity contribution in [2.24, 2.45) is 0 Å². The van der Waals surface area contributed by atoms with Gasteiger partial charge in [-0.1, -0.05) is 64.0 Å². The van der Waals surface area contributed by atoms with Gasteiger partial charge in [0, 0.05) is 6.54 Å². The molecule has 120 valence electrons. The summed E-state index contributed by atoms with van der Waals surface area (Å²) in [4.78, 5) is 11.7. The first-order valence-corrected chi connectivity index (χ1v) is 8.25. The van der Waals surface area contributed by atoms with Gasteiger partial charge in [-0.25, -0.2) is 9.48 Å². The Morgan fingerprint density at radius 2 is 1.71 bits per heavy atom. The van der Waals surface area contributed by atoms with Crippen molar-refractivity contribution in [3.8, 4) is 0 Å². The third-order valence-corrected chi connectivity index (χ3v) is 3.68. The summed E-state index contributed by atoms with van der Waals surface area (Å²) >= 11 is 0. The first kappa shape index (κ1) is 17.7. The fraction of sp³-hybridized carbons (Fsp3) is 0.812. The highest BCUT2D eigenvalue weighted by Gasteiger charge is 2.19. The molecule has 0 fully saturated rings. The minimum Gasteiger partial charge on any atom is -0.464 e. The molecule has 0 amide bonds. The van der Waals surface area contributed by atoms with Crippen molar-refractivity contribution in [3.63, 3.8) is 0 Å². The van der Waals surface area contributed by atoms with E-state index in [1.807, 2.05) is 4.68 Å². The van der Waals surface area contributed by atoms with Gasteiger partial charge in [0.15, 0.2) is 5.69 Å². The van der Waals surface area contributed by atoms with E-state index in [1.165, 1.54) is 45.6 Å². The number of methoxy groups -OCH3 is 1. The summed E-state index contributed by atoms with van der Waals surface area (Å²) in [6.45, 7) is 5.16. The predicted molar refractivity (Wildman–Crippen MR) is 83.3 cm³/mol. The third kappa shape index (κ3) is 5.86. The normalized spacial score (nSPS) is 10.8. The van der Waals surface area contributed by atoms with E-state index in [2.05, 4.69) is 24.2 Å². The number of nitrogens with zero attached hydrogens (tertiary/aromatic N) is 3. The average Bonchev–Trinajstić information content (AvgIpc) is 2.89. The van der Waals surface area contributed by atoms with Crippen molar-refractivity contribution in [3.05, 3.63) is 11.4 Å². The Balaban J connectivity index is 2.43. The second-order valence-corrected chi connectivity index (χ2v) is 5.47. The Morgan fingerprint density at radius 1 is 1.05 bits per heavy atom. The molecule has 5 nitrogen and oxygen atoms in total. The maximum atomic E-state index is 11.7. The first-order valence-electron chi connectivity index (χ1n) is 8.25. The lowest BCUT2D eigenvalue weighted by Gasteiger charge is -2.06. The number of hydrogen-bond donors (Lipinski definition) is 0. The zero-order valence-corrected chi connectivity index (χ0v) is 13.7. The number of rotatable bonds is 11. The number of carbonyl (C=O) groups is 1. The molecule has 5 heteroatoms. The van der Waals surface area contributed by atoms with Crippen LogP contribution in [0.25, 0.3) is 0 Å². The van der Waals surface area contributed by atoms with Crippen molar-refractivity contribution in [1.82, 2.24) is 15.0 Å². The Bertz CT molecular complexity index is 416. The van der Waals surface area contributed by atoms with Crippen molar-refractivity contribution in [1.29, 1.82) is 0 Å². The van der Waals surface area contributed by atoms with E-state index in [-0.39, 0.29) is 5.97 Å². The van der Waals surface area contributed by atoms with Crippen LogP contribution in [0.2, 0.25) is 0 Å². The summed E-state index contributed by atoms with van der Waals surface area (Å²) in [5.74, 6) is -0.385. The van der Waals surface area contributed by atoms with Crippen molar-refractivity contribution in [2.45, 2.75) is 78.2 Å². The monoisotopic (exact) mass is 295 g/mol. The molecule has 0 aliphatic rings. The van der Waals surface area contributed by atoms with Crippen LogP contribution in [-0.4, -0.2) is 28.1 Å². The fourth-order valence-electron chi connectivity index (χ4n) is 2.47. The van der Waals surface area contributed by atoms with Crippen molar-refractivity contribution in [2.75, 3.05) is 7.11 Å². The van der Waals surface area contributed by atoms with Gasteiger partial charge in [0.25, 0.3) is 0 Å². The molecule has 0 N–H and O–H groups in total. The van der Waals surface area contributed by atoms with Gasteiger partial charge in [-0.3, -0.25) is 0 Å². The second-order valence-electron chi connectivity index (χ2n) is 5.47. The Morgan fingerprint density at radius 3 is 2.33 bits per heavy atom. The van der Waals surface area contributed by atoms with E-state index in [1.54, 1.807) is 0 Å². The summed E-state index contributed by atoms with van der Waals surface area (Å²) < 4.78 is 6.64. The Hall–Kier alpha value is -1.39. The highest BCUT2D eigenvalue weighted by molar-refractivity contribution is 5.88. The Kier molecular flexibility index (Phi) is 8.71. The minimum absolute atomic E-state index is 0.377. The molecular formula is C16H29N3O2. The number of ether oxygens (including phenoxy) is 1. The molecule has 0 aliphatic heterocycles. The van der Waals surface area contributed by atoms with Crippen LogP contribution in [0.15, 0.2) is 0 Å². The van der Waals surface area contributed by atoms with Crippen LogP contribution < -0.4 is 0 Å². The SMILES string of the molecule is CCCCCCCCCn1nnc(C(=O)OC)c1CCC. The molecule has 21 heavy (non-hydrogen) atoms. The number of hydrogen-bond acceptors (Lipinski definition) is 4. The molecule has 0 spiro atoms. The van der Waals surface area contributed by atoms with Crippen LogP contribution in [0.5, 0.6) is 0 Å². The van der Waals surface area contributed by atoms with Gasteiger partial charge >= 0.3 is 5.97 Å². The van der Waals surface area contributed by atoms with Gasteiger partial charge in [0.2, 0.25) is 0 Å². The quantitative estimate of drug-likeness (QED) is 0.460. The standard InChI is InChI=1S/C16H29N3O2/c1-4-6-7-8-9-10-11-13-19-14(12-5-2)15(17-18-19)16(20)21-3/h4-13H2,1-3H3. The van der Waals surface area contributed by atoms with E-state index in [0.717, 1.165) is 31.5 Å². The van der Waals surface area contributed by atoms with E-state index in [9.17, 15) is 4.79 Å². The van der Waals surface area contributed by atoms with Crippen LogP contribution in [0, 0.1) is 0 Å². The van der Waals surface area contributed by atoms with Gasteiger partial charge < -0.3 is 4.74 Å². The topological polar surface area (TPSA) is 57.0 Å². The summed E-state index contributed by atoms with van der Waals surface area (Å²) in [5.41, 5.74) is 1.29. The van der Waals surface area contributed by atoms with E-state index >= 15 is 0 Å². The molecule has 1 aromatic rings. The number of unbranched alkanes of at least 4 members (excludes halogenated alkanes) is 6. The van der Waals surface area contributed by atoms with E-state index < -0.39 is 0 Å². The lowest BCUT2D eigenvalue weighted by Crippen LogP contribution is -2.10. The largest absolute Gasteiger partial charge is 0.464 e. The van der Waals surface area contributed by atoms with Crippen LogP contribution >= 0.6 is 0 Å². The lowest BCUT2D eigenvalue weighted by atomic mass is 10.1. The van der Waals surface area contributed by atoms with Crippen LogP contribution in [-0.2, 0) is 17.7 Å². The molecule has 0 bridgehead atoms. The molecule has 1 aromatic heterocycles. The number of carbonyl (C=O) groups excluding carboxylic acids is 1. The summed E-state index contributed by atoms with van der Waals surface area (Å²) in [6.07, 6.45) is 10.6. The van der Waals surface area contributed by atoms with Crippen LogP contribution in [0.3, 0.4) is 0 Å². The molecule has 0 aromatic carbocycles. The average molecular weight is 295 g/mol. The molecule has 0 atom stereocenters. The van der Waals surface area contributed by atoms with Gasteiger partial charge in [0.05, 0.1) is 12.8 Å². The molecule has 0 saturated heterocycles. The van der Waals surface area contributed by atoms with Gasteiger partial charge in [-0.05, 0) is 12.8 Å². The molecule has 1 rings (SSSR count). The summed E-state index contributed by atoms with van der Waals surface area (Å²) in [7, 11) is 1.38. The Labute approximate surface area is 128 Å². The third-order valence-electron chi connectivity index (χ3n) is 3.68. The fourth-order valence-corrected chi connectivity index (χ4v) is 2.47. The number of esters is 1. The minimum atomic E-state index is -0.385. The molecule has 0 aliphatic carbocycles. The summed E-state index contributed by atoms with van der Waals surface area (Å²) in [6, 6.07) is 0. The molecule has 0 unspecified atom stereocenters. The van der Waals surface area contributed by atoms with Gasteiger partial charge in [-0.15, -0.1) is 5.10 Å². The summed E-state index contributed by atoms with van der Waals surface area (Å²) in [5, 5.41) is 8.10. The maximum Gasteiger partial charge on any atom is 0.360 e. The smallest absolute Gasteiger partial charge is 0.360 e. The van der Waals surface area contributed by atoms with Gasteiger partial charge in [-0.2, -0.15) is 0 Å². The molecular weight excluding hydrogens is 266 g/mol. The molecule has 0 saturated carbocycles. The predicted octanol–water partition coefficient (Wildman–Crippen LogP) is 3.77. The zero-order valence-electron chi connectivity index (χ0n) is 13.7. The highest BCUT2D eigenvalue weighted by Crippen LogP contribution is 2.12. The van der Waals surface area contributed by atoms with E-state index in [4.69, 9.17) is 4.74 Å². The van der Waals surface area contributed by atoms with Crippen molar-refractivity contribution >= 4 is 5.97 Å². The zero-order chi connectivity index (χ0) is 15.5. The van der Waals surface area contributed by atoms with Gasteiger partial charge in [0.1, 0.15) is 0 Å². The van der Waals surface area contributed by atoms with Crippen LogP contribution in [0.4, 0.5) is 0 Å². The van der Waals surface area contributed by atoms with Crippen molar-refractivity contribution < 1.29 is 9.53 Å².